The molecule has 1 atom stereocenters. The number of rotatable bonds is 8. The van der Waals surface area contributed by atoms with Gasteiger partial charge in [0, 0.05) is 16.3 Å². The minimum atomic E-state index is -0.347. The minimum absolute atomic E-state index is 0.113. The fourth-order valence-electron chi connectivity index (χ4n) is 2.21. The van der Waals surface area contributed by atoms with Crippen molar-refractivity contribution in [3.8, 4) is 5.75 Å². The second kappa shape index (κ2) is 9.68. The fraction of sp³-hybridized carbons (Fsp3) is 0.316. The van der Waals surface area contributed by atoms with Gasteiger partial charge < -0.3 is 10.1 Å². The molecular weight excluding hydrogens is 361 g/mol. The van der Waals surface area contributed by atoms with Crippen LogP contribution in [0.1, 0.15) is 18.1 Å². The van der Waals surface area contributed by atoms with Gasteiger partial charge in [0.2, 0.25) is 5.91 Å². The Hall–Kier alpha value is -1.72. The third-order valence-corrected chi connectivity index (χ3v) is 4.84. The van der Waals surface area contributed by atoms with E-state index in [1.54, 1.807) is 12.1 Å². The molecule has 0 unspecified atom stereocenters. The van der Waals surface area contributed by atoms with E-state index in [0.717, 1.165) is 11.3 Å². The van der Waals surface area contributed by atoms with Crippen LogP contribution >= 0.6 is 23.4 Å². The molecular formula is C19H21ClFNO2S. The number of para-hydroxylation sites is 1. The number of ether oxygens (including phenoxy) is 1. The summed E-state index contributed by atoms with van der Waals surface area (Å²) in [6.45, 7) is 4.25. The van der Waals surface area contributed by atoms with Crippen LogP contribution in [0.25, 0.3) is 0 Å². The molecule has 3 nitrogen and oxygen atoms in total. The zero-order chi connectivity index (χ0) is 18.2. The van der Waals surface area contributed by atoms with E-state index in [4.69, 9.17) is 16.3 Å². The molecule has 25 heavy (non-hydrogen) atoms. The molecule has 2 rings (SSSR count). The van der Waals surface area contributed by atoms with Gasteiger partial charge in [-0.2, -0.15) is 0 Å². The highest BCUT2D eigenvalue weighted by Gasteiger charge is 2.11. The van der Waals surface area contributed by atoms with Crippen LogP contribution in [0.2, 0.25) is 5.02 Å². The van der Waals surface area contributed by atoms with Gasteiger partial charge >= 0.3 is 0 Å². The van der Waals surface area contributed by atoms with Crippen molar-refractivity contribution in [3.63, 3.8) is 0 Å². The largest absolute Gasteiger partial charge is 0.491 e. The number of halogens is 2. The van der Waals surface area contributed by atoms with Crippen LogP contribution in [-0.4, -0.2) is 24.3 Å². The summed E-state index contributed by atoms with van der Waals surface area (Å²) in [5.74, 6) is 0.942. The molecule has 0 aliphatic rings. The molecule has 0 saturated heterocycles. The van der Waals surface area contributed by atoms with Crippen molar-refractivity contribution in [2.45, 2.75) is 25.6 Å². The first-order chi connectivity index (χ1) is 12.0. The Morgan fingerprint density at radius 2 is 2.04 bits per heavy atom. The normalized spacial score (nSPS) is 11.8. The average Bonchev–Trinajstić information content (AvgIpc) is 2.57. The predicted octanol–water partition coefficient (Wildman–Crippen LogP) is 4.60. The third kappa shape index (κ3) is 6.25. The maximum atomic E-state index is 13.7. The number of hydrogen-bond acceptors (Lipinski definition) is 3. The van der Waals surface area contributed by atoms with Crippen LogP contribution in [0.4, 0.5) is 4.39 Å². The minimum Gasteiger partial charge on any atom is -0.491 e. The Labute approximate surface area is 156 Å². The monoisotopic (exact) mass is 381 g/mol. The molecule has 134 valence electrons. The second-order valence-electron chi connectivity index (χ2n) is 5.74. The van der Waals surface area contributed by atoms with E-state index in [9.17, 15) is 9.18 Å². The van der Waals surface area contributed by atoms with E-state index in [1.165, 1.54) is 17.8 Å². The molecule has 0 fully saturated rings. The van der Waals surface area contributed by atoms with Crippen molar-refractivity contribution in [2.75, 3.05) is 12.4 Å². The summed E-state index contributed by atoms with van der Waals surface area (Å²) in [4.78, 5) is 12.0. The van der Waals surface area contributed by atoms with Crippen molar-refractivity contribution < 1.29 is 13.9 Å². The number of carbonyl (C=O) groups is 1. The molecule has 2 aromatic carbocycles. The lowest BCUT2D eigenvalue weighted by atomic mass is 10.2. The fourth-order valence-corrected chi connectivity index (χ4v) is 3.38. The number of aryl methyl sites for hydroxylation is 1. The maximum Gasteiger partial charge on any atom is 0.230 e. The van der Waals surface area contributed by atoms with Crippen molar-refractivity contribution in [1.29, 1.82) is 0 Å². The van der Waals surface area contributed by atoms with E-state index >= 15 is 0 Å². The first kappa shape index (κ1) is 19.6. The molecule has 2 aromatic rings. The van der Waals surface area contributed by atoms with Gasteiger partial charge in [0.15, 0.2) is 0 Å². The number of hydrogen-bond donors (Lipinski definition) is 1. The summed E-state index contributed by atoms with van der Waals surface area (Å²) in [7, 11) is 0. The van der Waals surface area contributed by atoms with E-state index in [0.29, 0.717) is 22.9 Å². The molecule has 0 aliphatic carbocycles. The van der Waals surface area contributed by atoms with E-state index < -0.39 is 0 Å². The predicted molar refractivity (Wildman–Crippen MR) is 102 cm³/mol. The van der Waals surface area contributed by atoms with E-state index in [-0.39, 0.29) is 23.5 Å². The van der Waals surface area contributed by atoms with Crippen molar-refractivity contribution >= 4 is 29.3 Å². The van der Waals surface area contributed by atoms with Crippen LogP contribution in [0.5, 0.6) is 5.75 Å². The van der Waals surface area contributed by atoms with E-state index in [2.05, 4.69) is 5.32 Å². The highest BCUT2D eigenvalue weighted by atomic mass is 35.5. The van der Waals surface area contributed by atoms with Gasteiger partial charge in [-0.05, 0) is 37.6 Å². The van der Waals surface area contributed by atoms with Crippen LogP contribution in [0.15, 0.2) is 42.5 Å². The van der Waals surface area contributed by atoms with Gasteiger partial charge in [-0.25, -0.2) is 4.39 Å². The standard InChI is InChI=1S/C19H21ClFNO2S/c1-13-6-3-4-9-18(13)24-10-14(2)22-19(23)12-25-11-15-16(20)7-5-8-17(15)21/h3-9,14H,10-12H2,1-2H3,(H,22,23)/t14-/m1/s1. The second-order valence-corrected chi connectivity index (χ2v) is 7.13. The van der Waals surface area contributed by atoms with E-state index in [1.807, 2.05) is 38.1 Å². The summed E-state index contributed by atoms with van der Waals surface area (Å²) >= 11 is 7.30. The summed E-state index contributed by atoms with van der Waals surface area (Å²) in [6, 6.07) is 12.2. The number of thioether (sulfide) groups is 1. The first-order valence-electron chi connectivity index (χ1n) is 7.95. The Morgan fingerprint density at radius 3 is 2.76 bits per heavy atom. The topological polar surface area (TPSA) is 38.3 Å². The Balaban J connectivity index is 1.72. The molecule has 1 N–H and O–H groups in total. The number of amides is 1. The lowest BCUT2D eigenvalue weighted by Crippen LogP contribution is -2.37. The molecule has 0 spiro atoms. The molecule has 0 aromatic heterocycles. The summed E-state index contributed by atoms with van der Waals surface area (Å²) < 4.78 is 19.4. The number of carbonyl (C=O) groups excluding carboxylic acids is 1. The SMILES string of the molecule is Cc1ccccc1OC[C@@H](C)NC(=O)CSCc1c(F)cccc1Cl. The molecule has 0 bridgehead atoms. The molecule has 1 amide bonds. The summed E-state index contributed by atoms with van der Waals surface area (Å²) in [5.41, 5.74) is 1.48. The lowest BCUT2D eigenvalue weighted by Gasteiger charge is -2.16. The number of benzene rings is 2. The zero-order valence-electron chi connectivity index (χ0n) is 14.2. The molecule has 0 saturated carbocycles. The number of nitrogens with one attached hydrogen (secondary N) is 1. The average molecular weight is 382 g/mol. The summed E-state index contributed by atoms with van der Waals surface area (Å²) in [6.07, 6.45) is 0. The Kier molecular flexibility index (Phi) is 7.59. The lowest BCUT2D eigenvalue weighted by molar-refractivity contribution is -0.119. The third-order valence-electron chi connectivity index (χ3n) is 3.53. The van der Waals surface area contributed by atoms with Crippen molar-refractivity contribution in [1.82, 2.24) is 5.32 Å². The Bertz CT molecular complexity index is 706. The van der Waals surface area contributed by atoms with Gasteiger partial charge in [-0.15, -0.1) is 11.8 Å². The van der Waals surface area contributed by atoms with Crippen molar-refractivity contribution in [2.24, 2.45) is 0 Å². The van der Waals surface area contributed by atoms with Gasteiger partial charge in [-0.1, -0.05) is 35.9 Å². The molecule has 6 heteroatoms. The molecule has 0 aliphatic heterocycles. The van der Waals surface area contributed by atoms with Crippen LogP contribution in [0.3, 0.4) is 0 Å². The summed E-state index contributed by atoms with van der Waals surface area (Å²) in [5, 5.41) is 3.26. The zero-order valence-corrected chi connectivity index (χ0v) is 15.8. The quantitative estimate of drug-likeness (QED) is 0.726. The van der Waals surface area contributed by atoms with Crippen LogP contribution in [-0.2, 0) is 10.5 Å². The van der Waals surface area contributed by atoms with Crippen LogP contribution < -0.4 is 10.1 Å². The van der Waals surface area contributed by atoms with Gasteiger partial charge in [0.05, 0.1) is 11.8 Å². The molecule has 0 radical (unpaired) electrons. The smallest absolute Gasteiger partial charge is 0.230 e. The molecule has 0 heterocycles. The highest BCUT2D eigenvalue weighted by molar-refractivity contribution is 7.99. The van der Waals surface area contributed by atoms with Gasteiger partial charge in [0.25, 0.3) is 0 Å². The van der Waals surface area contributed by atoms with Gasteiger partial charge in [-0.3, -0.25) is 4.79 Å². The first-order valence-corrected chi connectivity index (χ1v) is 9.49. The van der Waals surface area contributed by atoms with Crippen LogP contribution in [0, 0.1) is 12.7 Å². The maximum absolute atomic E-state index is 13.7. The van der Waals surface area contributed by atoms with Crippen molar-refractivity contribution in [3.05, 3.63) is 64.4 Å². The van der Waals surface area contributed by atoms with Gasteiger partial charge in [0.1, 0.15) is 18.2 Å². The highest BCUT2D eigenvalue weighted by Crippen LogP contribution is 2.23. The Morgan fingerprint density at radius 1 is 1.28 bits per heavy atom.